The Morgan fingerprint density at radius 3 is 2.91 bits per heavy atom. The molecule has 0 bridgehead atoms. The smallest absolute Gasteiger partial charge is 0.323 e. The van der Waals surface area contributed by atoms with Crippen molar-refractivity contribution in [1.82, 2.24) is 9.55 Å². The summed E-state index contributed by atoms with van der Waals surface area (Å²) in [6.07, 6.45) is 1.27. The van der Waals surface area contributed by atoms with E-state index in [1.807, 2.05) is 24.4 Å². The molecular formula is C15H11ClN2O3S. The summed E-state index contributed by atoms with van der Waals surface area (Å²) in [4.78, 5) is 28.1. The maximum atomic E-state index is 12.5. The third kappa shape index (κ3) is 2.51. The summed E-state index contributed by atoms with van der Waals surface area (Å²) in [5.74, 6) is -1.08. The first kappa shape index (κ1) is 14.7. The van der Waals surface area contributed by atoms with Crippen molar-refractivity contribution in [2.24, 2.45) is 0 Å². The molecule has 3 rings (SSSR count). The Hall–Kier alpha value is -2.18. The summed E-state index contributed by atoms with van der Waals surface area (Å²) in [5.41, 5.74) is 2.17. The minimum absolute atomic E-state index is 0.351. The molecule has 2 heterocycles. The summed E-state index contributed by atoms with van der Waals surface area (Å²) in [7, 11) is 0. The Morgan fingerprint density at radius 2 is 2.23 bits per heavy atom. The van der Waals surface area contributed by atoms with E-state index in [2.05, 4.69) is 4.98 Å². The highest BCUT2D eigenvalue weighted by atomic mass is 35.5. The van der Waals surface area contributed by atoms with Crippen LogP contribution in [0, 0.1) is 6.92 Å². The first-order valence-corrected chi connectivity index (χ1v) is 7.68. The average Bonchev–Trinajstić information content (AvgIpc) is 2.89. The summed E-state index contributed by atoms with van der Waals surface area (Å²) in [5, 5.41) is 11.8. The standard InChI is InChI=1S/C15H11ClN2O3S/c1-8-4-9(2-3-11(8)16)10-6-22-14-13(10)15(21)18(7-17-14)5-12(19)20/h2-4,6-7H,5H2,1H3,(H,19,20). The summed E-state index contributed by atoms with van der Waals surface area (Å²) >= 11 is 7.39. The maximum absolute atomic E-state index is 12.5. The molecule has 0 fully saturated rings. The highest BCUT2D eigenvalue weighted by molar-refractivity contribution is 7.17. The predicted molar refractivity (Wildman–Crippen MR) is 86.7 cm³/mol. The first-order valence-electron chi connectivity index (χ1n) is 6.42. The van der Waals surface area contributed by atoms with E-state index in [0.717, 1.165) is 21.3 Å². The number of aromatic nitrogens is 2. The Morgan fingerprint density at radius 1 is 1.45 bits per heavy atom. The SMILES string of the molecule is Cc1cc(-c2csc3ncn(CC(=O)O)c(=O)c23)ccc1Cl. The first-order chi connectivity index (χ1) is 10.5. The molecule has 5 nitrogen and oxygen atoms in total. The Labute approximate surface area is 134 Å². The fraction of sp³-hybridized carbons (Fsp3) is 0.133. The van der Waals surface area contributed by atoms with Crippen molar-refractivity contribution in [3.63, 3.8) is 0 Å². The van der Waals surface area contributed by atoms with Gasteiger partial charge in [0.15, 0.2) is 0 Å². The number of halogens is 1. The van der Waals surface area contributed by atoms with Crippen LogP contribution in [0.3, 0.4) is 0 Å². The number of carboxylic acid groups (broad SMARTS) is 1. The van der Waals surface area contributed by atoms with Crippen LogP contribution in [-0.2, 0) is 11.3 Å². The summed E-state index contributed by atoms with van der Waals surface area (Å²) in [6.45, 7) is 1.48. The van der Waals surface area contributed by atoms with E-state index in [1.165, 1.54) is 17.7 Å². The molecular weight excluding hydrogens is 324 g/mol. The van der Waals surface area contributed by atoms with Gasteiger partial charge in [0.2, 0.25) is 0 Å². The van der Waals surface area contributed by atoms with Crippen LogP contribution in [-0.4, -0.2) is 20.6 Å². The second kappa shape index (κ2) is 5.55. The van der Waals surface area contributed by atoms with E-state index in [0.29, 0.717) is 15.2 Å². The molecule has 0 atom stereocenters. The molecule has 3 aromatic rings. The van der Waals surface area contributed by atoms with Gasteiger partial charge in [-0.25, -0.2) is 4.98 Å². The molecule has 1 N–H and O–H groups in total. The highest BCUT2D eigenvalue weighted by Gasteiger charge is 2.14. The molecule has 2 aromatic heterocycles. The molecule has 0 amide bonds. The maximum Gasteiger partial charge on any atom is 0.323 e. The lowest BCUT2D eigenvalue weighted by Crippen LogP contribution is -2.24. The number of benzene rings is 1. The van der Waals surface area contributed by atoms with Crippen LogP contribution in [0.15, 0.2) is 34.7 Å². The zero-order valence-electron chi connectivity index (χ0n) is 11.5. The molecule has 1 aromatic carbocycles. The van der Waals surface area contributed by atoms with Gasteiger partial charge in [0.25, 0.3) is 5.56 Å². The van der Waals surface area contributed by atoms with Crippen molar-refractivity contribution < 1.29 is 9.90 Å². The van der Waals surface area contributed by atoms with Crippen LogP contribution < -0.4 is 5.56 Å². The number of nitrogens with zero attached hydrogens (tertiary/aromatic N) is 2. The lowest BCUT2D eigenvalue weighted by atomic mass is 10.0. The molecule has 22 heavy (non-hydrogen) atoms. The van der Waals surface area contributed by atoms with Crippen LogP contribution >= 0.6 is 22.9 Å². The van der Waals surface area contributed by atoms with Gasteiger partial charge in [-0.05, 0) is 30.2 Å². The van der Waals surface area contributed by atoms with Crippen molar-refractivity contribution in [1.29, 1.82) is 0 Å². The van der Waals surface area contributed by atoms with Gasteiger partial charge in [0, 0.05) is 16.0 Å². The molecule has 0 spiro atoms. The quantitative estimate of drug-likeness (QED) is 0.798. The molecule has 0 saturated heterocycles. The monoisotopic (exact) mass is 334 g/mol. The van der Waals surface area contributed by atoms with Crippen molar-refractivity contribution in [2.75, 3.05) is 0 Å². The number of carboxylic acids is 1. The topological polar surface area (TPSA) is 72.2 Å². The third-order valence-electron chi connectivity index (χ3n) is 3.34. The fourth-order valence-electron chi connectivity index (χ4n) is 2.25. The number of fused-ring (bicyclic) bond motifs is 1. The van der Waals surface area contributed by atoms with Crippen molar-refractivity contribution in [2.45, 2.75) is 13.5 Å². The third-order valence-corrected chi connectivity index (χ3v) is 4.65. The molecule has 0 unspecified atom stereocenters. The fourth-order valence-corrected chi connectivity index (χ4v) is 3.27. The lowest BCUT2D eigenvalue weighted by molar-refractivity contribution is -0.137. The Kier molecular flexibility index (Phi) is 3.72. The van der Waals surface area contributed by atoms with Crippen LogP contribution in [0.5, 0.6) is 0 Å². The second-order valence-electron chi connectivity index (χ2n) is 4.86. The zero-order chi connectivity index (χ0) is 15.9. The van der Waals surface area contributed by atoms with Crippen LogP contribution in [0.4, 0.5) is 0 Å². The average molecular weight is 335 g/mol. The van der Waals surface area contributed by atoms with Crippen LogP contribution in [0.1, 0.15) is 5.56 Å². The number of hydrogen-bond acceptors (Lipinski definition) is 4. The molecule has 0 aliphatic heterocycles. The second-order valence-corrected chi connectivity index (χ2v) is 6.13. The van der Waals surface area contributed by atoms with E-state index in [-0.39, 0.29) is 5.56 Å². The van der Waals surface area contributed by atoms with Crippen molar-refractivity contribution in [3.05, 3.63) is 50.8 Å². The van der Waals surface area contributed by atoms with Crippen LogP contribution in [0.25, 0.3) is 21.3 Å². The molecule has 0 radical (unpaired) electrons. The number of aliphatic carboxylic acids is 1. The molecule has 112 valence electrons. The van der Waals surface area contributed by atoms with Gasteiger partial charge >= 0.3 is 5.97 Å². The Balaban J connectivity index is 2.24. The summed E-state index contributed by atoms with van der Waals surface area (Å²) in [6, 6.07) is 5.52. The number of carbonyl (C=O) groups is 1. The van der Waals surface area contributed by atoms with Gasteiger partial charge < -0.3 is 5.11 Å². The van der Waals surface area contributed by atoms with Gasteiger partial charge in [-0.2, -0.15) is 0 Å². The van der Waals surface area contributed by atoms with Gasteiger partial charge in [-0.1, -0.05) is 17.7 Å². The largest absolute Gasteiger partial charge is 0.480 e. The lowest BCUT2D eigenvalue weighted by Gasteiger charge is -2.05. The van der Waals surface area contributed by atoms with E-state index in [4.69, 9.17) is 16.7 Å². The number of thiophene rings is 1. The van der Waals surface area contributed by atoms with Gasteiger partial charge in [-0.15, -0.1) is 11.3 Å². The van der Waals surface area contributed by atoms with Gasteiger partial charge in [-0.3, -0.25) is 14.2 Å². The van der Waals surface area contributed by atoms with Crippen LogP contribution in [0.2, 0.25) is 5.02 Å². The zero-order valence-corrected chi connectivity index (χ0v) is 13.1. The Bertz CT molecular complexity index is 946. The normalized spacial score (nSPS) is 11.0. The van der Waals surface area contributed by atoms with Gasteiger partial charge in [0.05, 0.1) is 11.7 Å². The predicted octanol–water partition coefficient (Wildman–Crippen LogP) is 3.17. The molecule has 7 heteroatoms. The van der Waals surface area contributed by atoms with E-state index in [9.17, 15) is 9.59 Å². The molecule has 0 aliphatic rings. The minimum Gasteiger partial charge on any atom is -0.480 e. The minimum atomic E-state index is -1.08. The number of aryl methyl sites for hydroxylation is 1. The summed E-state index contributed by atoms with van der Waals surface area (Å²) < 4.78 is 1.10. The highest BCUT2D eigenvalue weighted by Crippen LogP contribution is 2.32. The molecule has 0 saturated carbocycles. The molecule has 0 aliphatic carbocycles. The number of hydrogen-bond donors (Lipinski definition) is 1. The van der Waals surface area contributed by atoms with E-state index < -0.39 is 12.5 Å². The number of rotatable bonds is 3. The van der Waals surface area contributed by atoms with Crippen molar-refractivity contribution >= 4 is 39.1 Å². The van der Waals surface area contributed by atoms with Crippen molar-refractivity contribution in [3.8, 4) is 11.1 Å². The van der Waals surface area contributed by atoms with Gasteiger partial charge in [0.1, 0.15) is 11.4 Å². The van der Waals surface area contributed by atoms with E-state index >= 15 is 0 Å². The van der Waals surface area contributed by atoms with E-state index in [1.54, 1.807) is 6.07 Å².